The van der Waals surface area contributed by atoms with Crippen molar-refractivity contribution in [1.29, 1.82) is 0 Å². The maximum Gasteiger partial charge on any atom is 0.263 e. The molecule has 4 aromatic carbocycles. The first-order chi connectivity index (χ1) is 17.0. The summed E-state index contributed by atoms with van der Waals surface area (Å²) in [6.45, 7) is 1.87. The van der Waals surface area contributed by atoms with Crippen molar-refractivity contribution in [2.75, 3.05) is 24.9 Å². The molecular weight excluding hydrogens is 460 g/mol. The lowest BCUT2D eigenvalue weighted by atomic mass is 10.1. The van der Waals surface area contributed by atoms with E-state index in [0.29, 0.717) is 22.7 Å². The first kappa shape index (κ1) is 24.2. The second-order valence-corrected chi connectivity index (χ2v) is 9.24. The van der Waals surface area contributed by atoms with E-state index in [-0.39, 0.29) is 17.1 Å². The van der Waals surface area contributed by atoms with Crippen LogP contribution in [0.2, 0.25) is 0 Å². The highest BCUT2D eigenvalue weighted by Gasteiger charge is 2.19. The number of methoxy groups -OCH3 is 2. The van der Waals surface area contributed by atoms with Gasteiger partial charge in [0.05, 0.1) is 19.5 Å². The molecule has 0 fully saturated rings. The highest BCUT2D eigenvalue weighted by molar-refractivity contribution is 8.00. The van der Waals surface area contributed by atoms with Crippen molar-refractivity contribution >= 4 is 45.7 Å². The highest BCUT2D eigenvalue weighted by atomic mass is 32.2. The number of hydrogen-bond donors (Lipinski definition) is 2. The van der Waals surface area contributed by atoms with E-state index < -0.39 is 0 Å². The standard InChI is InChI=1S/C28H26N2O4S/c1-18(27(31)30-22-12-11-19-7-4-5-8-20(19)17-22)35-23-15-13-21(14-16-23)29-28(32)26-24(33-2)9-6-10-25(26)34-3/h4-18H,1-3H3,(H,29,32)(H,30,31). The molecule has 1 unspecified atom stereocenters. The number of amides is 2. The van der Waals surface area contributed by atoms with Crippen LogP contribution in [0.25, 0.3) is 10.8 Å². The maximum absolute atomic E-state index is 12.9. The third-order valence-corrected chi connectivity index (χ3v) is 6.58. The monoisotopic (exact) mass is 486 g/mol. The van der Waals surface area contributed by atoms with Gasteiger partial charge in [0.25, 0.3) is 5.91 Å². The third-order valence-electron chi connectivity index (χ3n) is 5.47. The second kappa shape index (κ2) is 11.0. The van der Waals surface area contributed by atoms with Crippen molar-refractivity contribution < 1.29 is 19.1 Å². The predicted molar refractivity (Wildman–Crippen MR) is 142 cm³/mol. The van der Waals surface area contributed by atoms with Gasteiger partial charge in [-0.3, -0.25) is 9.59 Å². The fourth-order valence-electron chi connectivity index (χ4n) is 3.65. The van der Waals surface area contributed by atoms with Crippen molar-refractivity contribution in [3.05, 3.63) is 90.5 Å². The Morgan fingerprint density at radius 3 is 2.03 bits per heavy atom. The number of rotatable bonds is 8. The van der Waals surface area contributed by atoms with Crippen molar-refractivity contribution in [3.63, 3.8) is 0 Å². The molecular formula is C28H26N2O4S. The number of nitrogens with one attached hydrogen (secondary N) is 2. The van der Waals surface area contributed by atoms with Crippen LogP contribution in [0.3, 0.4) is 0 Å². The fraction of sp³-hybridized carbons (Fsp3) is 0.143. The summed E-state index contributed by atoms with van der Waals surface area (Å²) >= 11 is 1.45. The van der Waals surface area contributed by atoms with Crippen molar-refractivity contribution in [2.45, 2.75) is 17.1 Å². The Bertz CT molecular complexity index is 1330. The maximum atomic E-state index is 12.9. The van der Waals surface area contributed by atoms with Gasteiger partial charge in [-0.25, -0.2) is 0 Å². The van der Waals surface area contributed by atoms with Crippen LogP contribution in [0.1, 0.15) is 17.3 Å². The van der Waals surface area contributed by atoms with Crippen molar-refractivity contribution in [1.82, 2.24) is 0 Å². The summed E-state index contributed by atoms with van der Waals surface area (Å²) in [4.78, 5) is 26.5. The third kappa shape index (κ3) is 5.75. The van der Waals surface area contributed by atoms with Crippen LogP contribution in [-0.4, -0.2) is 31.3 Å². The van der Waals surface area contributed by atoms with Crippen LogP contribution in [-0.2, 0) is 4.79 Å². The smallest absolute Gasteiger partial charge is 0.263 e. The molecule has 2 N–H and O–H groups in total. The SMILES string of the molecule is COc1cccc(OC)c1C(=O)Nc1ccc(SC(C)C(=O)Nc2ccc3ccccc3c2)cc1. The van der Waals surface area contributed by atoms with E-state index in [1.165, 1.54) is 26.0 Å². The Hall–Kier alpha value is -3.97. The molecule has 1 atom stereocenters. The largest absolute Gasteiger partial charge is 0.496 e. The average Bonchev–Trinajstić information content (AvgIpc) is 2.89. The topological polar surface area (TPSA) is 76.7 Å². The van der Waals surface area contributed by atoms with E-state index in [4.69, 9.17) is 9.47 Å². The van der Waals surface area contributed by atoms with E-state index >= 15 is 0 Å². The van der Waals surface area contributed by atoms with E-state index in [2.05, 4.69) is 10.6 Å². The molecule has 0 bridgehead atoms. The van der Waals surface area contributed by atoms with Crippen LogP contribution in [0.15, 0.2) is 89.8 Å². The highest BCUT2D eigenvalue weighted by Crippen LogP contribution is 2.30. The molecule has 0 aliphatic carbocycles. The number of hydrogen-bond acceptors (Lipinski definition) is 5. The Labute approximate surface area is 208 Å². The van der Waals surface area contributed by atoms with Crippen LogP contribution in [0, 0.1) is 0 Å². The van der Waals surface area contributed by atoms with E-state index in [9.17, 15) is 9.59 Å². The summed E-state index contributed by atoms with van der Waals surface area (Å²) in [6.07, 6.45) is 0. The van der Waals surface area contributed by atoms with Crippen LogP contribution < -0.4 is 20.1 Å². The lowest BCUT2D eigenvalue weighted by Gasteiger charge is -2.14. The van der Waals surface area contributed by atoms with E-state index in [1.54, 1.807) is 30.3 Å². The molecule has 7 heteroatoms. The zero-order valence-corrected chi connectivity index (χ0v) is 20.5. The average molecular weight is 487 g/mol. The predicted octanol–water partition coefficient (Wildman–Crippen LogP) is 6.23. The molecule has 0 radical (unpaired) electrons. The molecule has 0 aromatic heterocycles. The van der Waals surface area contributed by atoms with Gasteiger partial charge in [0.15, 0.2) is 0 Å². The molecule has 4 rings (SSSR count). The normalized spacial score (nSPS) is 11.5. The summed E-state index contributed by atoms with van der Waals surface area (Å²) in [5, 5.41) is 7.76. The van der Waals surface area contributed by atoms with Gasteiger partial charge >= 0.3 is 0 Å². The van der Waals surface area contributed by atoms with Gasteiger partial charge in [-0.15, -0.1) is 11.8 Å². The van der Waals surface area contributed by atoms with Gasteiger partial charge in [0, 0.05) is 16.3 Å². The summed E-state index contributed by atoms with van der Waals surface area (Å²) < 4.78 is 10.6. The number of ether oxygens (including phenoxy) is 2. The molecule has 0 spiro atoms. The number of fused-ring (bicyclic) bond motifs is 1. The number of carbonyl (C=O) groups excluding carboxylic acids is 2. The molecule has 0 heterocycles. The van der Waals surface area contributed by atoms with Crippen LogP contribution in [0.4, 0.5) is 11.4 Å². The summed E-state index contributed by atoms with van der Waals surface area (Å²) in [6, 6.07) is 26.4. The molecule has 0 saturated heterocycles. The first-order valence-corrected chi connectivity index (χ1v) is 11.9. The molecule has 0 aliphatic rings. The molecule has 2 amide bonds. The van der Waals surface area contributed by atoms with Crippen molar-refractivity contribution in [3.8, 4) is 11.5 Å². The zero-order valence-electron chi connectivity index (χ0n) is 19.7. The van der Waals surface area contributed by atoms with E-state index in [1.807, 2.05) is 61.5 Å². The Morgan fingerprint density at radius 2 is 1.37 bits per heavy atom. The Balaban J connectivity index is 1.38. The van der Waals surface area contributed by atoms with Gasteiger partial charge in [0.1, 0.15) is 17.1 Å². The minimum atomic E-state index is -0.331. The second-order valence-electron chi connectivity index (χ2n) is 7.83. The van der Waals surface area contributed by atoms with Gasteiger partial charge < -0.3 is 20.1 Å². The molecule has 0 aliphatic heterocycles. The number of anilines is 2. The molecule has 178 valence electrons. The fourth-order valence-corrected chi connectivity index (χ4v) is 4.52. The lowest BCUT2D eigenvalue weighted by Crippen LogP contribution is -2.22. The van der Waals surface area contributed by atoms with Crippen LogP contribution in [0.5, 0.6) is 11.5 Å². The molecule has 0 saturated carbocycles. The number of thioether (sulfide) groups is 1. The van der Waals surface area contributed by atoms with Gasteiger partial charge in [0.2, 0.25) is 5.91 Å². The number of benzene rings is 4. The minimum absolute atomic E-state index is 0.0778. The minimum Gasteiger partial charge on any atom is -0.496 e. The Kier molecular flexibility index (Phi) is 7.57. The van der Waals surface area contributed by atoms with Gasteiger partial charge in [-0.2, -0.15) is 0 Å². The first-order valence-electron chi connectivity index (χ1n) is 11.1. The quantitative estimate of drug-likeness (QED) is 0.289. The molecule has 35 heavy (non-hydrogen) atoms. The van der Waals surface area contributed by atoms with E-state index in [0.717, 1.165) is 21.4 Å². The molecule has 6 nitrogen and oxygen atoms in total. The van der Waals surface area contributed by atoms with Gasteiger partial charge in [-0.05, 0) is 66.2 Å². The lowest BCUT2D eigenvalue weighted by molar-refractivity contribution is -0.115. The van der Waals surface area contributed by atoms with Gasteiger partial charge in [-0.1, -0.05) is 36.4 Å². The number of carbonyl (C=O) groups is 2. The zero-order chi connectivity index (χ0) is 24.8. The summed E-state index contributed by atoms with van der Waals surface area (Å²) in [5.41, 5.74) is 1.72. The van der Waals surface area contributed by atoms with Crippen LogP contribution >= 0.6 is 11.8 Å². The molecule has 4 aromatic rings. The summed E-state index contributed by atoms with van der Waals surface area (Å²) in [7, 11) is 3.02. The van der Waals surface area contributed by atoms with Crippen molar-refractivity contribution in [2.24, 2.45) is 0 Å². The Morgan fingerprint density at radius 1 is 0.743 bits per heavy atom. The summed E-state index contributed by atoms with van der Waals surface area (Å²) in [5.74, 6) is 0.453.